The van der Waals surface area contributed by atoms with Crippen molar-refractivity contribution in [2.24, 2.45) is 7.05 Å². The zero-order valence-electron chi connectivity index (χ0n) is 15.1. The van der Waals surface area contributed by atoms with E-state index in [0.29, 0.717) is 22.0 Å². The Labute approximate surface area is 169 Å². The number of nitrogens with one attached hydrogen (secondary N) is 1. The molecule has 0 radical (unpaired) electrons. The molecular formula is C18H16N6O2S2. The fourth-order valence-corrected chi connectivity index (χ4v) is 3.81. The number of nitrogens with zero attached hydrogens (tertiary/aromatic N) is 5. The summed E-state index contributed by atoms with van der Waals surface area (Å²) in [6, 6.07) is 13.3. The number of rotatable bonds is 6. The molecule has 142 valence electrons. The number of amides is 1. The van der Waals surface area contributed by atoms with Gasteiger partial charge < -0.3 is 9.88 Å². The molecule has 28 heavy (non-hydrogen) atoms. The lowest BCUT2D eigenvalue weighted by Crippen LogP contribution is -2.14. The summed E-state index contributed by atoms with van der Waals surface area (Å²) in [7, 11) is 1.86. The SMILES string of the molecule is CSc1cccc(NC(=O)CSc2nnc(-c3ccc4nonc4c3)n2C)c1. The second-order valence-corrected chi connectivity index (χ2v) is 7.72. The van der Waals surface area contributed by atoms with Crippen molar-refractivity contribution in [3.8, 4) is 11.4 Å². The molecule has 0 aliphatic rings. The summed E-state index contributed by atoms with van der Waals surface area (Å²) in [6.45, 7) is 0. The van der Waals surface area contributed by atoms with Crippen LogP contribution in [0, 0.1) is 0 Å². The summed E-state index contributed by atoms with van der Waals surface area (Å²) in [5.74, 6) is 0.824. The number of carbonyl (C=O) groups is 1. The highest BCUT2D eigenvalue weighted by Crippen LogP contribution is 2.25. The lowest BCUT2D eigenvalue weighted by Gasteiger charge is -2.07. The summed E-state index contributed by atoms with van der Waals surface area (Å²) in [6.07, 6.45) is 2.00. The molecule has 1 N–H and O–H groups in total. The molecule has 2 aromatic heterocycles. The molecule has 10 heteroatoms. The van der Waals surface area contributed by atoms with Crippen LogP contribution in [-0.2, 0) is 11.8 Å². The second-order valence-electron chi connectivity index (χ2n) is 5.90. The fourth-order valence-electron chi connectivity index (χ4n) is 2.64. The maximum absolute atomic E-state index is 12.3. The van der Waals surface area contributed by atoms with Crippen molar-refractivity contribution in [1.29, 1.82) is 0 Å². The molecule has 2 aromatic carbocycles. The van der Waals surface area contributed by atoms with Crippen LogP contribution in [0.25, 0.3) is 22.4 Å². The van der Waals surface area contributed by atoms with Gasteiger partial charge in [-0.1, -0.05) is 17.8 Å². The van der Waals surface area contributed by atoms with E-state index in [2.05, 4.69) is 25.8 Å². The predicted octanol–water partition coefficient (Wildman–Crippen LogP) is 3.47. The first kappa shape index (κ1) is 18.5. The quantitative estimate of drug-likeness (QED) is 0.481. The van der Waals surface area contributed by atoms with E-state index in [1.807, 2.05) is 60.3 Å². The van der Waals surface area contributed by atoms with E-state index in [1.54, 1.807) is 11.8 Å². The minimum atomic E-state index is -0.0945. The molecule has 2 heterocycles. The third-order valence-corrected chi connectivity index (χ3v) is 5.78. The molecule has 0 spiro atoms. The van der Waals surface area contributed by atoms with Crippen molar-refractivity contribution in [2.75, 3.05) is 17.3 Å². The van der Waals surface area contributed by atoms with Gasteiger partial charge in [0.05, 0.1) is 5.75 Å². The van der Waals surface area contributed by atoms with Gasteiger partial charge in [0, 0.05) is 23.2 Å². The Kier molecular flexibility index (Phi) is 5.31. The number of aromatic nitrogens is 5. The van der Waals surface area contributed by atoms with Gasteiger partial charge in [-0.3, -0.25) is 4.79 Å². The standard InChI is InChI=1S/C18H16N6O2S2/c1-24-17(11-6-7-14-15(8-11)23-26-22-14)20-21-18(24)28-10-16(25)19-12-4-3-5-13(9-12)27-2/h3-9H,10H2,1-2H3,(H,19,25). The molecule has 4 aromatic rings. The Morgan fingerprint density at radius 3 is 2.86 bits per heavy atom. The molecule has 0 atom stereocenters. The van der Waals surface area contributed by atoms with Crippen LogP contribution in [0.15, 0.2) is 57.1 Å². The van der Waals surface area contributed by atoms with Crippen molar-refractivity contribution in [2.45, 2.75) is 10.1 Å². The highest BCUT2D eigenvalue weighted by Gasteiger charge is 2.14. The lowest BCUT2D eigenvalue weighted by atomic mass is 10.2. The van der Waals surface area contributed by atoms with Gasteiger partial charge in [0.15, 0.2) is 11.0 Å². The first-order valence-corrected chi connectivity index (χ1v) is 10.5. The maximum atomic E-state index is 12.3. The van der Waals surface area contributed by atoms with E-state index in [0.717, 1.165) is 16.1 Å². The number of hydrogen-bond donors (Lipinski definition) is 1. The average molecular weight is 413 g/mol. The van der Waals surface area contributed by atoms with E-state index in [-0.39, 0.29) is 11.7 Å². The van der Waals surface area contributed by atoms with Crippen molar-refractivity contribution in [1.82, 2.24) is 25.1 Å². The van der Waals surface area contributed by atoms with E-state index < -0.39 is 0 Å². The van der Waals surface area contributed by atoms with E-state index >= 15 is 0 Å². The number of benzene rings is 2. The van der Waals surface area contributed by atoms with Crippen LogP contribution in [0.2, 0.25) is 0 Å². The minimum absolute atomic E-state index is 0.0945. The summed E-state index contributed by atoms with van der Waals surface area (Å²) in [5, 5.41) is 19.6. The number of anilines is 1. The second kappa shape index (κ2) is 8.03. The van der Waals surface area contributed by atoms with Crippen molar-refractivity contribution >= 4 is 46.2 Å². The molecule has 0 saturated heterocycles. The summed E-state index contributed by atoms with van der Waals surface area (Å²) < 4.78 is 6.57. The fraction of sp³-hybridized carbons (Fsp3) is 0.167. The number of fused-ring (bicyclic) bond motifs is 1. The van der Waals surface area contributed by atoms with Crippen LogP contribution < -0.4 is 5.32 Å². The zero-order chi connectivity index (χ0) is 19.5. The molecule has 0 saturated carbocycles. The molecular weight excluding hydrogens is 396 g/mol. The highest BCUT2D eigenvalue weighted by atomic mass is 32.2. The van der Waals surface area contributed by atoms with Gasteiger partial charge in [-0.15, -0.1) is 22.0 Å². The monoisotopic (exact) mass is 412 g/mol. The number of hydrogen-bond acceptors (Lipinski definition) is 8. The van der Waals surface area contributed by atoms with Gasteiger partial charge >= 0.3 is 0 Å². The molecule has 0 unspecified atom stereocenters. The Morgan fingerprint density at radius 1 is 1.14 bits per heavy atom. The molecule has 0 aliphatic carbocycles. The van der Waals surface area contributed by atoms with Crippen LogP contribution in [0.3, 0.4) is 0 Å². The molecule has 1 amide bonds. The van der Waals surface area contributed by atoms with E-state index in [9.17, 15) is 4.79 Å². The molecule has 0 fully saturated rings. The van der Waals surface area contributed by atoms with Gasteiger partial charge in [0.2, 0.25) is 5.91 Å². The van der Waals surface area contributed by atoms with Crippen molar-refractivity contribution < 1.29 is 9.42 Å². The number of carbonyl (C=O) groups excluding carboxylic acids is 1. The van der Waals surface area contributed by atoms with Crippen LogP contribution in [-0.4, -0.2) is 43.0 Å². The Morgan fingerprint density at radius 2 is 2.00 bits per heavy atom. The molecule has 8 nitrogen and oxygen atoms in total. The summed E-state index contributed by atoms with van der Waals surface area (Å²) in [5.41, 5.74) is 2.97. The Balaban J connectivity index is 1.43. The van der Waals surface area contributed by atoms with Crippen molar-refractivity contribution in [3.05, 3.63) is 42.5 Å². The summed E-state index contributed by atoms with van der Waals surface area (Å²) >= 11 is 2.96. The normalized spacial score (nSPS) is 11.1. The third-order valence-electron chi connectivity index (χ3n) is 4.03. The Bertz CT molecular complexity index is 1140. The lowest BCUT2D eigenvalue weighted by molar-refractivity contribution is -0.113. The van der Waals surface area contributed by atoms with Crippen molar-refractivity contribution in [3.63, 3.8) is 0 Å². The molecule has 0 bridgehead atoms. The topological polar surface area (TPSA) is 98.7 Å². The third kappa shape index (κ3) is 3.87. The maximum Gasteiger partial charge on any atom is 0.234 e. The zero-order valence-corrected chi connectivity index (χ0v) is 16.8. The van der Waals surface area contributed by atoms with E-state index in [4.69, 9.17) is 4.63 Å². The van der Waals surface area contributed by atoms with Crippen LogP contribution in [0.5, 0.6) is 0 Å². The van der Waals surface area contributed by atoms with Gasteiger partial charge in [-0.05, 0) is 53.0 Å². The van der Waals surface area contributed by atoms with E-state index in [1.165, 1.54) is 11.8 Å². The van der Waals surface area contributed by atoms with Crippen LogP contribution in [0.1, 0.15) is 0 Å². The first-order chi connectivity index (χ1) is 13.6. The van der Waals surface area contributed by atoms with Gasteiger partial charge in [0.25, 0.3) is 0 Å². The van der Waals surface area contributed by atoms with Gasteiger partial charge in [-0.2, -0.15) is 0 Å². The summed E-state index contributed by atoms with van der Waals surface area (Å²) in [4.78, 5) is 13.4. The Hall–Kier alpha value is -2.85. The molecule has 4 rings (SSSR count). The van der Waals surface area contributed by atoms with Crippen LogP contribution >= 0.6 is 23.5 Å². The molecule has 0 aliphatic heterocycles. The van der Waals surface area contributed by atoms with Gasteiger partial charge in [-0.25, -0.2) is 4.63 Å². The largest absolute Gasteiger partial charge is 0.325 e. The van der Waals surface area contributed by atoms with Crippen LogP contribution in [0.4, 0.5) is 5.69 Å². The van der Waals surface area contributed by atoms with Gasteiger partial charge in [0.1, 0.15) is 11.0 Å². The predicted molar refractivity (Wildman–Crippen MR) is 109 cm³/mol. The highest BCUT2D eigenvalue weighted by molar-refractivity contribution is 7.99. The smallest absolute Gasteiger partial charge is 0.234 e. The first-order valence-electron chi connectivity index (χ1n) is 8.33. The minimum Gasteiger partial charge on any atom is -0.325 e. The average Bonchev–Trinajstić information content (AvgIpc) is 3.32. The number of thioether (sulfide) groups is 2.